The second kappa shape index (κ2) is 7.28. The van der Waals surface area contributed by atoms with Crippen LogP contribution >= 0.6 is 0 Å². The molecule has 1 aromatic carbocycles. The highest BCUT2D eigenvalue weighted by Gasteiger charge is 2.24. The molecule has 0 fully saturated rings. The summed E-state index contributed by atoms with van der Waals surface area (Å²) < 4.78 is 0. The summed E-state index contributed by atoms with van der Waals surface area (Å²) >= 11 is 0. The number of nitrogens with zero attached hydrogens (tertiary/aromatic N) is 2. The van der Waals surface area contributed by atoms with Gasteiger partial charge in [0.15, 0.2) is 5.84 Å². The van der Waals surface area contributed by atoms with Gasteiger partial charge in [-0.15, -0.1) is 0 Å². The van der Waals surface area contributed by atoms with Crippen molar-refractivity contribution in [2.24, 2.45) is 10.2 Å². The minimum Gasteiger partial charge on any atom is -0.311 e. The second-order valence-electron chi connectivity index (χ2n) is 4.60. The quantitative estimate of drug-likeness (QED) is 0.387. The highest BCUT2D eigenvalue weighted by molar-refractivity contribution is 6.03. The lowest BCUT2D eigenvalue weighted by Gasteiger charge is -2.27. The van der Waals surface area contributed by atoms with Crippen LogP contribution in [-0.2, 0) is 11.2 Å². The van der Waals surface area contributed by atoms with E-state index in [4.69, 9.17) is 0 Å². The molecule has 6 heteroatoms. The maximum Gasteiger partial charge on any atom is 0.229 e. The van der Waals surface area contributed by atoms with Crippen LogP contribution < -0.4 is 16.2 Å². The van der Waals surface area contributed by atoms with E-state index in [1.807, 2.05) is 30.3 Å². The number of rotatable bonds is 7. The number of hydrogen-bond acceptors (Lipinski definition) is 5. The molecule has 3 N–H and O–H groups in total. The number of carbonyl (C=O) groups excluding carboxylic acids is 1. The topological polar surface area (TPSA) is 77.9 Å². The van der Waals surface area contributed by atoms with Gasteiger partial charge in [-0.1, -0.05) is 30.3 Å². The van der Waals surface area contributed by atoms with Gasteiger partial charge in [0, 0.05) is 13.3 Å². The first kappa shape index (κ1) is 14.0. The monoisotopic (exact) mass is 273 g/mol. The Labute approximate surface area is 118 Å². The lowest BCUT2D eigenvalue weighted by Crippen LogP contribution is -2.53. The number of hydrogen-bond donors (Lipinski definition) is 3. The van der Waals surface area contributed by atoms with Crippen LogP contribution in [0.1, 0.15) is 18.4 Å². The van der Waals surface area contributed by atoms with Crippen molar-refractivity contribution in [1.82, 2.24) is 16.2 Å². The van der Waals surface area contributed by atoms with E-state index in [1.54, 1.807) is 0 Å². The molecule has 1 atom stereocenters. The van der Waals surface area contributed by atoms with E-state index in [-0.39, 0.29) is 11.9 Å². The summed E-state index contributed by atoms with van der Waals surface area (Å²) in [5.74, 6) is 0.685. The van der Waals surface area contributed by atoms with Gasteiger partial charge in [0.2, 0.25) is 5.91 Å². The fourth-order valence-corrected chi connectivity index (χ4v) is 1.97. The molecule has 0 bridgehead atoms. The van der Waals surface area contributed by atoms with Crippen molar-refractivity contribution >= 4 is 18.5 Å². The van der Waals surface area contributed by atoms with Gasteiger partial charge >= 0.3 is 0 Å². The average molecular weight is 273 g/mol. The summed E-state index contributed by atoms with van der Waals surface area (Å²) in [6.45, 7) is 4.12. The van der Waals surface area contributed by atoms with Gasteiger partial charge in [0.1, 0.15) is 6.04 Å². The minimum atomic E-state index is -0.0349. The maximum absolute atomic E-state index is 11.9. The summed E-state index contributed by atoms with van der Waals surface area (Å²) in [5.41, 5.74) is 6.74. The molecule has 0 radical (unpaired) electrons. The molecular weight excluding hydrogens is 254 g/mol. The molecule has 1 aliphatic heterocycles. The third-order valence-electron chi connectivity index (χ3n) is 3.04. The molecule has 2 rings (SSSR count). The van der Waals surface area contributed by atoms with E-state index in [0.717, 1.165) is 30.8 Å². The highest BCUT2D eigenvalue weighted by Crippen LogP contribution is 2.06. The van der Waals surface area contributed by atoms with Crippen molar-refractivity contribution in [3.05, 3.63) is 35.9 Å². The summed E-state index contributed by atoms with van der Waals surface area (Å²) in [7, 11) is 0. The molecule has 0 aliphatic carbocycles. The fourth-order valence-electron chi connectivity index (χ4n) is 1.97. The van der Waals surface area contributed by atoms with Gasteiger partial charge in [0.25, 0.3) is 0 Å². The molecule has 1 aliphatic rings. The van der Waals surface area contributed by atoms with Gasteiger partial charge < -0.3 is 10.7 Å². The van der Waals surface area contributed by atoms with Gasteiger partial charge in [-0.25, -0.2) is 0 Å². The molecule has 6 nitrogen and oxygen atoms in total. The van der Waals surface area contributed by atoms with Crippen molar-refractivity contribution < 1.29 is 4.79 Å². The molecular formula is C14H19N5O. The normalized spacial score (nSPS) is 16.4. The third-order valence-corrected chi connectivity index (χ3v) is 3.04. The molecule has 0 saturated heterocycles. The van der Waals surface area contributed by atoms with E-state index < -0.39 is 0 Å². The molecule has 0 aromatic heterocycles. The van der Waals surface area contributed by atoms with Crippen LogP contribution in [0.5, 0.6) is 0 Å². The van der Waals surface area contributed by atoms with Crippen LogP contribution in [0.2, 0.25) is 0 Å². The van der Waals surface area contributed by atoms with E-state index in [0.29, 0.717) is 6.42 Å². The first-order chi connectivity index (χ1) is 9.79. The molecule has 106 valence electrons. The standard InChI is InChI=1S/C14H19N5O/c1-15-16-9-5-8-12-14(19-18-12)17-13(20)10-11-6-3-2-4-7-11/h2-4,6-7,12,16,18H,1,5,8-10H2,(H,17,19,20)/t12-/m0/s1. The lowest BCUT2D eigenvalue weighted by atomic mass is 10.1. The van der Waals surface area contributed by atoms with Crippen LogP contribution in [0.15, 0.2) is 40.5 Å². The Bertz CT molecular complexity index is 486. The minimum absolute atomic E-state index is 0.0349. The Hall–Kier alpha value is -2.37. The van der Waals surface area contributed by atoms with E-state index in [9.17, 15) is 4.79 Å². The Morgan fingerprint density at radius 1 is 1.40 bits per heavy atom. The second-order valence-corrected chi connectivity index (χ2v) is 4.60. The number of carbonyl (C=O) groups is 1. The van der Waals surface area contributed by atoms with Crippen LogP contribution in [-0.4, -0.2) is 31.0 Å². The van der Waals surface area contributed by atoms with E-state index in [1.165, 1.54) is 0 Å². The number of hydrazone groups is 2. The van der Waals surface area contributed by atoms with Gasteiger partial charge in [0.05, 0.1) is 6.42 Å². The highest BCUT2D eigenvalue weighted by atomic mass is 16.1. The van der Waals surface area contributed by atoms with Crippen molar-refractivity contribution in [1.29, 1.82) is 0 Å². The van der Waals surface area contributed by atoms with Gasteiger partial charge in [-0.05, 0) is 18.4 Å². The Kier molecular flexibility index (Phi) is 5.11. The molecule has 0 saturated carbocycles. The van der Waals surface area contributed by atoms with E-state index >= 15 is 0 Å². The molecule has 20 heavy (non-hydrogen) atoms. The smallest absolute Gasteiger partial charge is 0.229 e. The predicted molar refractivity (Wildman–Crippen MR) is 79.4 cm³/mol. The molecule has 0 spiro atoms. The van der Waals surface area contributed by atoms with Crippen LogP contribution in [0, 0.1) is 0 Å². The Morgan fingerprint density at radius 3 is 2.85 bits per heavy atom. The van der Waals surface area contributed by atoms with Crippen molar-refractivity contribution in [2.75, 3.05) is 6.54 Å². The van der Waals surface area contributed by atoms with Crippen LogP contribution in [0.3, 0.4) is 0 Å². The first-order valence-corrected chi connectivity index (χ1v) is 6.65. The van der Waals surface area contributed by atoms with Gasteiger partial charge in [-0.3, -0.25) is 10.2 Å². The number of amides is 1. The van der Waals surface area contributed by atoms with Crippen LogP contribution in [0.4, 0.5) is 0 Å². The Balaban J connectivity index is 1.71. The molecule has 0 unspecified atom stereocenters. The Morgan fingerprint density at radius 2 is 2.20 bits per heavy atom. The average Bonchev–Trinajstić information content (AvgIpc) is 2.44. The zero-order chi connectivity index (χ0) is 14.2. The largest absolute Gasteiger partial charge is 0.311 e. The predicted octanol–water partition coefficient (Wildman–Crippen LogP) is 0.616. The molecule has 1 heterocycles. The summed E-state index contributed by atoms with van der Waals surface area (Å²) in [6.07, 6.45) is 2.20. The first-order valence-electron chi connectivity index (χ1n) is 6.65. The van der Waals surface area contributed by atoms with Gasteiger partial charge in [-0.2, -0.15) is 10.2 Å². The van der Waals surface area contributed by atoms with Crippen molar-refractivity contribution in [3.63, 3.8) is 0 Å². The maximum atomic E-state index is 11.9. The zero-order valence-corrected chi connectivity index (χ0v) is 11.3. The summed E-state index contributed by atoms with van der Waals surface area (Å²) in [4.78, 5) is 11.9. The number of benzene rings is 1. The van der Waals surface area contributed by atoms with Crippen LogP contribution in [0.25, 0.3) is 0 Å². The third kappa shape index (κ3) is 4.08. The zero-order valence-electron chi connectivity index (χ0n) is 11.3. The summed E-state index contributed by atoms with van der Waals surface area (Å²) in [6, 6.07) is 9.78. The lowest BCUT2D eigenvalue weighted by molar-refractivity contribution is -0.119. The fraction of sp³-hybridized carbons (Fsp3) is 0.357. The molecule has 1 aromatic rings. The van der Waals surface area contributed by atoms with E-state index in [2.05, 4.69) is 33.1 Å². The number of nitrogens with one attached hydrogen (secondary N) is 3. The summed E-state index contributed by atoms with van der Waals surface area (Å²) in [5, 5.41) is 10.4. The van der Waals surface area contributed by atoms with Crippen molar-refractivity contribution in [2.45, 2.75) is 25.3 Å². The number of amidine groups is 1. The van der Waals surface area contributed by atoms with Crippen molar-refractivity contribution in [3.8, 4) is 0 Å². The SMILES string of the molecule is C=NNCCC[C@@H]1NN=C1NC(=O)Cc1ccccc1. The molecule has 1 amide bonds.